The van der Waals surface area contributed by atoms with Gasteiger partial charge < -0.3 is 10.0 Å². The fourth-order valence-corrected chi connectivity index (χ4v) is 1.85. The highest BCUT2D eigenvalue weighted by atomic mass is 16.3. The van der Waals surface area contributed by atoms with Crippen molar-refractivity contribution < 1.29 is 9.90 Å². The van der Waals surface area contributed by atoms with Crippen LogP contribution in [0.25, 0.3) is 0 Å². The predicted octanol–water partition coefficient (Wildman–Crippen LogP) is 0.257. The Morgan fingerprint density at radius 2 is 2.27 bits per heavy atom. The van der Waals surface area contributed by atoms with Crippen molar-refractivity contribution >= 4 is 5.91 Å². The topological polar surface area (TPSA) is 40.5 Å². The summed E-state index contributed by atoms with van der Waals surface area (Å²) in [5.74, 6) is 0.0185. The largest absolute Gasteiger partial charge is 0.369 e. The number of likely N-dealkylation sites (tertiary alicyclic amines) is 1. The molecule has 1 aliphatic heterocycles. The summed E-state index contributed by atoms with van der Waals surface area (Å²) in [6.45, 7) is 0. The fourth-order valence-electron chi connectivity index (χ4n) is 1.85. The Bertz CT molecular complexity index is 244. The lowest BCUT2D eigenvalue weighted by Crippen LogP contribution is -2.31. The van der Waals surface area contributed by atoms with E-state index in [1.807, 2.05) is 0 Å². The Hall–Kier alpha value is -0.830. The molecular weight excluding hydrogens is 142 g/mol. The number of hydrogen-bond donors (Lipinski definition) is 1. The smallest absolute Gasteiger partial charge is 0.251 e. The first-order valence-electron chi connectivity index (χ1n) is 3.89. The normalized spacial score (nSPS) is 30.2. The van der Waals surface area contributed by atoms with Gasteiger partial charge >= 0.3 is 0 Å². The quantitative estimate of drug-likeness (QED) is 0.542. The van der Waals surface area contributed by atoms with Crippen LogP contribution in [0.15, 0.2) is 11.1 Å². The minimum absolute atomic E-state index is 0.0185. The Labute approximate surface area is 65.3 Å². The first-order valence-corrected chi connectivity index (χ1v) is 3.89. The molecule has 1 unspecified atom stereocenters. The second-order valence-electron chi connectivity index (χ2n) is 3.15. The van der Waals surface area contributed by atoms with Gasteiger partial charge in [-0.1, -0.05) is 0 Å². The highest BCUT2D eigenvalue weighted by Gasteiger charge is 2.37. The van der Waals surface area contributed by atoms with E-state index >= 15 is 0 Å². The van der Waals surface area contributed by atoms with Gasteiger partial charge in [-0.15, -0.1) is 0 Å². The lowest BCUT2D eigenvalue weighted by atomic mass is 10.2. The van der Waals surface area contributed by atoms with Crippen LogP contribution in [0.1, 0.15) is 19.3 Å². The number of aliphatic hydroxyl groups is 1. The molecule has 1 heterocycles. The third kappa shape index (κ3) is 0.744. The number of carbonyl (C=O) groups is 1. The van der Waals surface area contributed by atoms with E-state index in [1.54, 1.807) is 7.05 Å². The molecule has 0 radical (unpaired) electrons. The molecule has 0 fully saturated rings. The highest BCUT2D eigenvalue weighted by Crippen LogP contribution is 2.35. The maximum atomic E-state index is 11.3. The molecule has 0 aromatic carbocycles. The third-order valence-electron chi connectivity index (χ3n) is 2.52. The molecular formula is C8H11NO2. The minimum atomic E-state index is -0.625. The molecule has 0 bridgehead atoms. The van der Waals surface area contributed by atoms with Gasteiger partial charge in [0.15, 0.2) is 6.23 Å². The molecule has 0 aromatic rings. The second-order valence-corrected chi connectivity index (χ2v) is 3.15. The Morgan fingerprint density at radius 3 is 2.91 bits per heavy atom. The van der Waals surface area contributed by atoms with E-state index in [0.717, 1.165) is 30.4 Å². The number of amides is 1. The maximum absolute atomic E-state index is 11.3. The average molecular weight is 153 g/mol. The van der Waals surface area contributed by atoms with Crippen molar-refractivity contribution in [1.29, 1.82) is 0 Å². The molecule has 2 aliphatic rings. The SMILES string of the molecule is CN1C(=O)C2=C(CCC2)C1O. The molecule has 1 aliphatic carbocycles. The van der Waals surface area contributed by atoms with E-state index in [0.29, 0.717) is 0 Å². The first kappa shape index (κ1) is 6.85. The van der Waals surface area contributed by atoms with Gasteiger partial charge in [0.2, 0.25) is 0 Å². The number of rotatable bonds is 0. The third-order valence-corrected chi connectivity index (χ3v) is 2.52. The molecule has 3 nitrogen and oxygen atoms in total. The van der Waals surface area contributed by atoms with Crippen molar-refractivity contribution in [3.8, 4) is 0 Å². The van der Waals surface area contributed by atoms with Gasteiger partial charge in [0.1, 0.15) is 0 Å². The van der Waals surface area contributed by atoms with Crippen LogP contribution in [0.4, 0.5) is 0 Å². The number of hydrogen-bond acceptors (Lipinski definition) is 2. The van der Waals surface area contributed by atoms with E-state index in [2.05, 4.69) is 0 Å². The van der Waals surface area contributed by atoms with E-state index in [4.69, 9.17) is 0 Å². The summed E-state index contributed by atoms with van der Waals surface area (Å²) < 4.78 is 0. The van der Waals surface area contributed by atoms with Crippen LogP contribution in [0.5, 0.6) is 0 Å². The van der Waals surface area contributed by atoms with E-state index in [1.165, 1.54) is 4.90 Å². The van der Waals surface area contributed by atoms with Gasteiger partial charge in [-0.25, -0.2) is 0 Å². The summed E-state index contributed by atoms with van der Waals surface area (Å²) in [7, 11) is 1.64. The van der Waals surface area contributed by atoms with Gasteiger partial charge in [0.05, 0.1) is 0 Å². The van der Waals surface area contributed by atoms with Gasteiger partial charge in [-0.2, -0.15) is 0 Å². The van der Waals surface area contributed by atoms with E-state index < -0.39 is 6.23 Å². The second kappa shape index (κ2) is 2.08. The predicted molar refractivity (Wildman–Crippen MR) is 39.7 cm³/mol. The lowest BCUT2D eigenvalue weighted by molar-refractivity contribution is -0.130. The van der Waals surface area contributed by atoms with Gasteiger partial charge in [0.25, 0.3) is 5.91 Å². The van der Waals surface area contributed by atoms with Gasteiger partial charge in [-0.05, 0) is 24.8 Å². The molecule has 2 rings (SSSR count). The average Bonchev–Trinajstić information content (AvgIpc) is 2.53. The van der Waals surface area contributed by atoms with Crippen LogP contribution in [0.2, 0.25) is 0 Å². The van der Waals surface area contributed by atoms with E-state index in [9.17, 15) is 9.90 Å². The highest BCUT2D eigenvalue weighted by molar-refractivity contribution is 5.97. The molecule has 3 heteroatoms. The summed E-state index contributed by atoms with van der Waals surface area (Å²) in [6, 6.07) is 0. The van der Waals surface area contributed by atoms with Gasteiger partial charge in [-0.3, -0.25) is 4.79 Å². The standard InChI is InChI=1S/C8H11NO2/c1-9-7(10)5-3-2-4-6(5)8(9)11/h7,10H,2-4H2,1H3. The number of likely N-dealkylation sites (N-methyl/N-ethyl adjacent to an activating group) is 1. The van der Waals surface area contributed by atoms with Crippen LogP contribution in [0, 0.1) is 0 Å². The van der Waals surface area contributed by atoms with Crippen molar-refractivity contribution in [2.45, 2.75) is 25.5 Å². The minimum Gasteiger partial charge on any atom is -0.369 e. The molecule has 1 atom stereocenters. The van der Waals surface area contributed by atoms with Crippen molar-refractivity contribution in [3.05, 3.63) is 11.1 Å². The van der Waals surface area contributed by atoms with Crippen molar-refractivity contribution in [2.24, 2.45) is 0 Å². The summed E-state index contributed by atoms with van der Waals surface area (Å²) in [4.78, 5) is 12.7. The first-order chi connectivity index (χ1) is 5.22. The summed E-state index contributed by atoms with van der Waals surface area (Å²) in [5, 5.41) is 9.49. The van der Waals surface area contributed by atoms with Crippen molar-refractivity contribution in [2.75, 3.05) is 7.05 Å². The molecule has 60 valence electrons. The monoisotopic (exact) mass is 153 g/mol. The van der Waals surface area contributed by atoms with E-state index in [-0.39, 0.29) is 5.91 Å². The van der Waals surface area contributed by atoms with Crippen LogP contribution in [-0.2, 0) is 4.79 Å². The van der Waals surface area contributed by atoms with Gasteiger partial charge in [0, 0.05) is 12.6 Å². The molecule has 0 aromatic heterocycles. The number of nitrogens with zero attached hydrogens (tertiary/aromatic N) is 1. The molecule has 11 heavy (non-hydrogen) atoms. The summed E-state index contributed by atoms with van der Waals surface area (Å²) >= 11 is 0. The van der Waals surface area contributed by atoms with Crippen LogP contribution >= 0.6 is 0 Å². The molecule has 1 amide bonds. The summed E-state index contributed by atoms with van der Waals surface area (Å²) in [5.41, 5.74) is 1.82. The van der Waals surface area contributed by atoms with Crippen LogP contribution in [-0.4, -0.2) is 29.2 Å². The Morgan fingerprint density at radius 1 is 1.55 bits per heavy atom. The summed E-state index contributed by atoms with van der Waals surface area (Å²) in [6.07, 6.45) is 2.16. The number of aliphatic hydroxyl groups excluding tert-OH is 1. The van der Waals surface area contributed by atoms with Crippen LogP contribution in [0.3, 0.4) is 0 Å². The molecule has 0 saturated carbocycles. The zero-order valence-corrected chi connectivity index (χ0v) is 6.50. The van der Waals surface area contributed by atoms with Crippen molar-refractivity contribution in [1.82, 2.24) is 4.90 Å². The molecule has 0 saturated heterocycles. The number of carbonyl (C=O) groups excluding carboxylic acids is 1. The molecule has 0 spiro atoms. The zero-order chi connectivity index (χ0) is 8.01. The maximum Gasteiger partial charge on any atom is 0.251 e. The van der Waals surface area contributed by atoms with Crippen molar-refractivity contribution in [3.63, 3.8) is 0 Å². The fraction of sp³-hybridized carbons (Fsp3) is 0.625. The Balaban J connectivity index is 2.37. The van der Waals surface area contributed by atoms with Crippen LogP contribution < -0.4 is 0 Å². The zero-order valence-electron chi connectivity index (χ0n) is 6.50. The Kier molecular flexibility index (Phi) is 1.29. The lowest BCUT2D eigenvalue weighted by Gasteiger charge is -2.17. The molecule has 1 N–H and O–H groups in total.